The van der Waals surface area contributed by atoms with Crippen LogP contribution < -0.4 is 16.2 Å². The minimum absolute atomic E-state index is 0.0344. The first-order valence-electron chi connectivity index (χ1n) is 4.95. The lowest BCUT2D eigenvalue weighted by atomic mass is 10.1. The van der Waals surface area contributed by atoms with Crippen molar-refractivity contribution < 1.29 is 13.2 Å². The van der Waals surface area contributed by atoms with E-state index in [4.69, 9.17) is 23.1 Å². The van der Waals surface area contributed by atoms with Gasteiger partial charge in [-0.2, -0.15) is 4.72 Å². The van der Waals surface area contributed by atoms with Gasteiger partial charge in [-0.3, -0.25) is 4.79 Å². The number of halogens is 1. The predicted octanol–water partition coefficient (Wildman–Crippen LogP) is 0.464. The third-order valence-corrected chi connectivity index (χ3v) is 4.22. The van der Waals surface area contributed by atoms with Gasteiger partial charge in [0, 0.05) is 5.02 Å². The van der Waals surface area contributed by atoms with E-state index in [0.717, 1.165) is 0 Å². The summed E-state index contributed by atoms with van der Waals surface area (Å²) >= 11 is 5.72. The molecule has 0 saturated heterocycles. The average Bonchev–Trinajstić information content (AvgIpc) is 2.19. The maximum atomic E-state index is 12.1. The van der Waals surface area contributed by atoms with E-state index in [-0.39, 0.29) is 15.6 Å². The van der Waals surface area contributed by atoms with Gasteiger partial charge >= 0.3 is 0 Å². The monoisotopic (exact) mass is 291 g/mol. The van der Waals surface area contributed by atoms with Crippen molar-refractivity contribution >= 4 is 33.2 Å². The Balaban J connectivity index is 3.23. The number of nitrogens with two attached hydrogens (primary N) is 2. The van der Waals surface area contributed by atoms with Crippen molar-refractivity contribution in [2.45, 2.75) is 24.3 Å². The molecule has 0 aromatic heterocycles. The summed E-state index contributed by atoms with van der Waals surface area (Å²) in [4.78, 5) is 10.9. The van der Waals surface area contributed by atoms with Crippen molar-refractivity contribution in [1.29, 1.82) is 0 Å². The minimum Gasteiger partial charge on any atom is -0.398 e. The first-order chi connectivity index (χ1) is 8.06. The van der Waals surface area contributed by atoms with E-state index in [2.05, 4.69) is 4.72 Å². The van der Waals surface area contributed by atoms with Crippen LogP contribution >= 0.6 is 11.6 Å². The van der Waals surface area contributed by atoms with E-state index in [1.807, 2.05) is 0 Å². The van der Waals surface area contributed by atoms with Crippen molar-refractivity contribution in [2.75, 3.05) is 5.73 Å². The van der Waals surface area contributed by atoms with Crippen LogP contribution in [0.1, 0.15) is 13.8 Å². The number of sulfonamides is 1. The molecule has 8 heteroatoms. The SMILES string of the molecule is CC(C)(NS(=O)(=O)c1cc(Cl)ccc1N)C(N)=O. The van der Waals surface area contributed by atoms with Gasteiger partial charge in [-0.05, 0) is 32.0 Å². The molecule has 1 rings (SSSR count). The number of nitrogens with one attached hydrogen (secondary N) is 1. The maximum Gasteiger partial charge on any atom is 0.243 e. The van der Waals surface area contributed by atoms with E-state index < -0.39 is 21.5 Å². The van der Waals surface area contributed by atoms with Crippen molar-refractivity contribution in [3.05, 3.63) is 23.2 Å². The molecule has 0 atom stereocenters. The molecule has 0 bridgehead atoms. The number of benzene rings is 1. The first-order valence-corrected chi connectivity index (χ1v) is 6.81. The van der Waals surface area contributed by atoms with Crippen LogP contribution in [0.3, 0.4) is 0 Å². The molecule has 18 heavy (non-hydrogen) atoms. The minimum atomic E-state index is -3.98. The van der Waals surface area contributed by atoms with Gasteiger partial charge in [0.2, 0.25) is 15.9 Å². The zero-order chi connectivity index (χ0) is 14.1. The number of primary amides is 1. The molecule has 0 aliphatic heterocycles. The first kappa shape index (κ1) is 14.7. The zero-order valence-electron chi connectivity index (χ0n) is 9.90. The lowest BCUT2D eigenvalue weighted by molar-refractivity contribution is -0.122. The van der Waals surface area contributed by atoms with Crippen molar-refractivity contribution in [3.63, 3.8) is 0 Å². The molecule has 0 heterocycles. The van der Waals surface area contributed by atoms with Gasteiger partial charge in [0.25, 0.3) is 0 Å². The summed E-state index contributed by atoms with van der Waals surface area (Å²) in [5.41, 5.74) is 9.29. The van der Waals surface area contributed by atoms with Gasteiger partial charge < -0.3 is 11.5 Å². The van der Waals surface area contributed by atoms with Crippen LogP contribution in [-0.2, 0) is 14.8 Å². The summed E-state index contributed by atoms with van der Waals surface area (Å²) < 4.78 is 26.3. The second-order valence-electron chi connectivity index (χ2n) is 4.28. The molecule has 0 fully saturated rings. The Hall–Kier alpha value is -1.31. The van der Waals surface area contributed by atoms with E-state index in [1.165, 1.54) is 32.0 Å². The Morgan fingerprint density at radius 1 is 1.39 bits per heavy atom. The van der Waals surface area contributed by atoms with Gasteiger partial charge in [-0.25, -0.2) is 8.42 Å². The third-order valence-electron chi connectivity index (χ3n) is 2.27. The summed E-state index contributed by atoms with van der Waals surface area (Å²) in [5.74, 6) is -0.799. The van der Waals surface area contributed by atoms with E-state index in [1.54, 1.807) is 0 Å². The van der Waals surface area contributed by atoms with Gasteiger partial charge in [-0.15, -0.1) is 0 Å². The van der Waals surface area contributed by atoms with Gasteiger partial charge in [0.1, 0.15) is 10.4 Å². The molecule has 0 saturated carbocycles. The second kappa shape index (κ2) is 4.75. The summed E-state index contributed by atoms with van der Waals surface area (Å²) in [6.45, 7) is 2.71. The number of carbonyl (C=O) groups is 1. The zero-order valence-corrected chi connectivity index (χ0v) is 11.5. The van der Waals surface area contributed by atoms with E-state index in [9.17, 15) is 13.2 Å². The highest BCUT2D eigenvalue weighted by Crippen LogP contribution is 2.23. The van der Waals surface area contributed by atoms with Crippen molar-refractivity contribution in [2.24, 2.45) is 5.73 Å². The van der Waals surface area contributed by atoms with Crippen LogP contribution in [0.2, 0.25) is 5.02 Å². The molecule has 0 unspecified atom stereocenters. The summed E-state index contributed by atoms with van der Waals surface area (Å²) in [7, 11) is -3.98. The van der Waals surface area contributed by atoms with Crippen LogP contribution in [0.4, 0.5) is 5.69 Å². The molecule has 1 aromatic rings. The van der Waals surface area contributed by atoms with Crippen LogP contribution in [0, 0.1) is 0 Å². The number of hydrogen-bond acceptors (Lipinski definition) is 4. The molecule has 1 aromatic carbocycles. The molecule has 0 radical (unpaired) electrons. The van der Waals surface area contributed by atoms with Gasteiger partial charge in [-0.1, -0.05) is 11.6 Å². The summed E-state index contributed by atoms with van der Waals surface area (Å²) in [6, 6.07) is 4.04. The molecule has 1 amide bonds. The Morgan fingerprint density at radius 2 is 1.94 bits per heavy atom. The van der Waals surface area contributed by atoms with Crippen molar-refractivity contribution in [1.82, 2.24) is 4.72 Å². The Kier molecular flexibility index (Phi) is 3.89. The number of nitrogen functional groups attached to an aromatic ring is 1. The molecule has 0 aliphatic rings. The quantitative estimate of drug-likeness (QED) is 0.699. The van der Waals surface area contributed by atoms with Gasteiger partial charge in [0.05, 0.1) is 5.69 Å². The highest BCUT2D eigenvalue weighted by Gasteiger charge is 2.32. The van der Waals surface area contributed by atoms with Crippen LogP contribution in [-0.4, -0.2) is 19.9 Å². The predicted molar refractivity (Wildman–Crippen MR) is 69.5 cm³/mol. The fraction of sp³-hybridized carbons (Fsp3) is 0.300. The molecule has 0 aliphatic carbocycles. The third kappa shape index (κ3) is 3.12. The van der Waals surface area contributed by atoms with Crippen LogP contribution in [0.25, 0.3) is 0 Å². The largest absolute Gasteiger partial charge is 0.398 e. The molecule has 0 spiro atoms. The highest BCUT2D eigenvalue weighted by molar-refractivity contribution is 7.89. The lowest BCUT2D eigenvalue weighted by Gasteiger charge is -2.22. The molecular weight excluding hydrogens is 278 g/mol. The standard InChI is InChI=1S/C10H14ClN3O3S/c1-10(2,9(13)15)14-18(16,17)8-5-6(11)3-4-7(8)12/h3-5,14H,12H2,1-2H3,(H2,13,15). The number of amides is 1. The smallest absolute Gasteiger partial charge is 0.243 e. The second-order valence-corrected chi connectivity index (χ2v) is 6.36. The number of carbonyl (C=O) groups excluding carboxylic acids is 1. The normalized spacial score (nSPS) is 12.4. The maximum absolute atomic E-state index is 12.1. The average molecular weight is 292 g/mol. The lowest BCUT2D eigenvalue weighted by Crippen LogP contribution is -2.52. The molecular formula is C10H14ClN3O3S. The molecule has 6 nitrogen and oxygen atoms in total. The molecule has 5 N–H and O–H groups in total. The summed E-state index contributed by atoms with van der Waals surface area (Å²) in [6.07, 6.45) is 0. The van der Waals surface area contributed by atoms with Gasteiger partial charge in [0.15, 0.2) is 0 Å². The van der Waals surface area contributed by atoms with Crippen LogP contribution in [0.5, 0.6) is 0 Å². The highest BCUT2D eigenvalue weighted by atomic mass is 35.5. The van der Waals surface area contributed by atoms with Crippen molar-refractivity contribution in [3.8, 4) is 0 Å². The number of anilines is 1. The Morgan fingerprint density at radius 3 is 2.44 bits per heavy atom. The number of hydrogen-bond donors (Lipinski definition) is 3. The van der Waals surface area contributed by atoms with E-state index >= 15 is 0 Å². The fourth-order valence-corrected chi connectivity index (χ4v) is 2.96. The Bertz CT molecular complexity index is 584. The topological polar surface area (TPSA) is 115 Å². The summed E-state index contributed by atoms with van der Waals surface area (Å²) in [5, 5.41) is 0.224. The molecule has 100 valence electrons. The van der Waals surface area contributed by atoms with E-state index in [0.29, 0.717) is 0 Å². The number of rotatable bonds is 4. The Labute approximate surface area is 110 Å². The van der Waals surface area contributed by atoms with Crippen LogP contribution in [0.15, 0.2) is 23.1 Å². The fourth-order valence-electron chi connectivity index (χ4n) is 1.18.